The van der Waals surface area contributed by atoms with Crippen molar-refractivity contribution in [2.75, 3.05) is 19.7 Å². The Bertz CT molecular complexity index is 355. The zero-order valence-electron chi connectivity index (χ0n) is 11.2. The third-order valence-electron chi connectivity index (χ3n) is 3.57. The Balaban J connectivity index is 2.08. The van der Waals surface area contributed by atoms with E-state index in [-0.39, 0.29) is 12.1 Å². The van der Waals surface area contributed by atoms with Crippen LogP contribution in [0.15, 0.2) is 30.3 Å². The zero-order valence-corrected chi connectivity index (χ0v) is 11.2. The Kier molecular flexibility index (Phi) is 4.72. The molecule has 0 radical (unpaired) electrons. The molecular weight excluding hydrogens is 226 g/mol. The standard InChI is InChI=1S/C14H23N3O/c1-11(2)17-8-9-18-13(10-17)14(16-15)12-6-4-3-5-7-12/h3-7,11,13-14,16H,8-10,15H2,1-2H3. The molecule has 3 N–H and O–H groups in total. The summed E-state index contributed by atoms with van der Waals surface area (Å²) in [5.74, 6) is 5.71. The molecule has 1 fully saturated rings. The van der Waals surface area contributed by atoms with Gasteiger partial charge in [-0.3, -0.25) is 16.2 Å². The maximum Gasteiger partial charge on any atom is 0.0909 e. The number of nitrogens with zero attached hydrogens (tertiary/aromatic N) is 1. The zero-order chi connectivity index (χ0) is 13.0. The van der Waals surface area contributed by atoms with Gasteiger partial charge < -0.3 is 4.74 Å². The highest BCUT2D eigenvalue weighted by molar-refractivity contribution is 5.20. The topological polar surface area (TPSA) is 50.5 Å². The molecule has 100 valence electrons. The first kappa shape index (κ1) is 13.5. The molecule has 1 aromatic carbocycles. The fraction of sp³-hybridized carbons (Fsp3) is 0.571. The van der Waals surface area contributed by atoms with E-state index in [0.29, 0.717) is 6.04 Å². The molecule has 2 atom stereocenters. The lowest BCUT2D eigenvalue weighted by molar-refractivity contribution is -0.0561. The van der Waals surface area contributed by atoms with Crippen molar-refractivity contribution in [2.24, 2.45) is 5.84 Å². The van der Waals surface area contributed by atoms with E-state index in [1.165, 1.54) is 5.56 Å². The van der Waals surface area contributed by atoms with Crippen LogP contribution in [-0.2, 0) is 4.74 Å². The van der Waals surface area contributed by atoms with Crippen molar-refractivity contribution < 1.29 is 4.74 Å². The van der Waals surface area contributed by atoms with Gasteiger partial charge in [0.05, 0.1) is 18.8 Å². The third kappa shape index (κ3) is 3.09. The third-order valence-corrected chi connectivity index (χ3v) is 3.57. The molecule has 0 bridgehead atoms. The lowest BCUT2D eigenvalue weighted by Crippen LogP contribution is -2.51. The average Bonchev–Trinajstić information content (AvgIpc) is 2.41. The van der Waals surface area contributed by atoms with Crippen LogP contribution in [0.1, 0.15) is 25.5 Å². The van der Waals surface area contributed by atoms with Crippen LogP contribution in [0.3, 0.4) is 0 Å². The van der Waals surface area contributed by atoms with Crippen LogP contribution < -0.4 is 11.3 Å². The quantitative estimate of drug-likeness (QED) is 0.624. The first-order chi connectivity index (χ1) is 8.72. The minimum absolute atomic E-state index is 0.0488. The Morgan fingerprint density at radius 3 is 2.67 bits per heavy atom. The summed E-state index contributed by atoms with van der Waals surface area (Å²) >= 11 is 0. The van der Waals surface area contributed by atoms with Gasteiger partial charge in [-0.2, -0.15) is 0 Å². The molecule has 1 aromatic rings. The summed E-state index contributed by atoms with van der Waals surface area (Å²) in [4.78, 5) is 2.43. The summed E-state index contributed by atoms with van der Waals surface area (Å²) in [7, 11) is 0. The Morgan fingerprint density at radius 1 is 1.33 bits per heavy atom. The van der Waals surface area contributed by atoms with Crippen molar-refractivity contribution >= 4 is 0 Å². The van der Waals surface area contributed by atoms with Crippen molar-refractivity contribution in [2.45, 2.75) is 32.0 Å². The minimum atomic E-state index is 0.0488. The molecule has 18 heavy (non-hydrogen) atoms. The van der Waals surface area contributed by atoms with Gasteiger partial charge in [-0.15, -0.1) is 0 Å². The largest absolute Gasteiger partial charge is 0.374 e. The molecule has 2 rings (SSSR count). The maximum absolute atomic E-state index is 5.88. The van der Waals surface area contributed by atoms with Gasteiger partial charge in [0.25, 0.3) is 0 Å². The number of rotatable bonds is 4. The lowest BCUT2D eigenvalue weighted by Gasteiger charge is -2.38. The molecule has 0 aliphatic carbocycles. The van der Waals surface area contributed by atoms with Gasteiger partial charge >= 0.3 is 0 Å². The van der Waals surface area contributed by atoms with E-state index in [9.17, 15) is 0 Å². The first-order valence-corrected chi connectivity index (χ1v) is 6.59. The molecule has 0 aromatic heterocycles. The number of hydrazine groups is 1. The molecule has 0 saturated carbocycles. The van der Waals surface area contributed by atoms with Gasteiger partial charge in [-0.05, 0) is 19.4 Å². The van der Waals surface area contributed by atoms with E-state index < -0.39 is 0 Å². The second-order valence-electron chi connectivity index (χ2n) is 5.05. The Morgan fingerprint density at radius 2 is 2.06 bits per heavy atom. The van der Waals surface area contributed by atoms with Crippen molar-refractivity contribution in [3.8, 4) is 0 Å². The molecule has 0 spiro atoms. The van der Waals surface area contributed by atoms with Crippen LogP contribution in [0.25, 0.3) is 0 Å². The van der Waals surface area contributed by atoms with E-state index >= 15 is 0 Å². The van der Waals surface area contributed by atoms with Crippen molar-refractivity contribution in [1.29, 1.82) is 0 Å². The number of ether oxygens (including phenoxy) is 1. The molecule has 4 nitrogen and oxygen atoms in total. The predicted molar refractivity (Wildman–Crippen MR) is 73.0 cm³/mol. The molecule has 1 heterocycles. The molecule has 4 heteroatoms. The number of hydrogen-bond acceptors (Lipinski definition) is 4. The van der Waals surface area contributed by atoms with Gasteiger partial charge in [-0.25, -0.2) is 0 Å². The number of nitrogens with two attached hydrogens (primary N) is 1. The summed E-state index contributed by atoms with van der Waals surface area (Å²) in [6.07, 6.45) is 0.105. The summed E-state index contributed by atoms with van der Waals surface area (Å²) in [6, 6.07) is 10.8. The van der Waals surface area contributed by atoms with Gasteiger partial charge in [0.15, 0.2) is 0 Å². The van der Waals surface area contributed by atoms with Crippen molar-refractivity contribution in [1.82, 2.24) is 10.3 Å². The van der Waals surface area contributed by atoms with E-state index in [2.05, 4.69) is 36.3 Å². The molecule has 1 aliphatic heterocycles. The van der Waals surface area contributed by atoms with Crippen LogP contribution in [0.2, 0.25) is 0 Å². The van der Waals surface area contributed by atoms with E-state index in [1.807, 2.05) is 18.2 Å². The van der Waals surface area contributed by atoms with Gasteiger partial charge in [0.1, 0.15) is 0 Å². The highest BCUT2D eigenvalue weighted by Gasteiger charge is 2.29. The molecule has 1 aliphatic rings. The van der Waals surface area contributed by atoms with E-state index in [0.717, 1.165) is 19.7 Å². The number of morpholine rings is 1. The Hall–Kier alpha value is -0.940. The number of nitrogens with one attached hydrogen (secondary N) is 1. The fourth-order valence-corrected chi connectivity index (χ4v) is 2.45. The van der Waals surface area contributed by atoms with Gasteiger partial charge in [0, 0.05) is 19.1 Å². The Labute approximate surface area is 109 Å². The summed E-state index contributed by atoms with van der Waals surface area (Å²) in [5, 5.41) is 0. The summed E-state index contributed by atoms with van der Waals surface area (Å²) < 4.78 is 5.88. The van der Waals surface area contributed by atoms with Crippen LogP contribution in [0.5, 0.6) is 0 Å². The summed E-state index contributed by atoms with van der Waals surface area (Å²) in [5.41, 5.74) is 4.07. The molecular formula is C14H23N3O. The van der Waals surface area contributed by atoms with Crippen LogP contribution in [0.4, 0.5) is 0 Å². The van der Waals surface area contributed by atoms with Crippen molar-refractivity contribution in [3.05, 3.63) is 35.9 Å². The van der Waals surface area contributed by atoms with Gasteiger partial charge in [-0.1, -0.05) is 30.3 Å². The molecule has 2 unspecified atom stereocenters. The van der Waals surface area contributed by atoms with Gasteiger partial charge in [0.2, 0.25) is 0 Å². The predicted octanol–water partition coefficient (Wildman–Crippen LogP) is 1.30. The van der Waals surface area contributed by atoms with E-state index in [4.69, 9.17) is 10.6 Å². The summed E-state index contributed by atoms with van der Waals surface area (Å²) in [6.45, 7) is 7.13. The first-order valence-electron chi connectivity index (χ1n) is 6.59. The molecule has 1 saturated heterocycles. The number of hydrogen-bond donors (Lipinski definition) is 2. The van der Waals surface area contributed by atoms with Crippen molar-refractivity contribution in [3.63, 3.8) is 0 Å². The normalized spacial score (nSPS) is 23.2. The van der Waals surface area contributed by atoms with E-state index in [1.54, 1.807) is 0 Å². The molecule has 0 amide bonds. The van der Waals surface area contributed by atoms with Crippen LogP contribution in [0, 0.1) is 0 Å². The SMILES string of the molecule is CC(C)N1CCOC(C(NN)c2ccccc2)C1. The minimum Gasteiger partial charge on any atom is -0.374 e. The second kappa shape index (κ2) is 6.29. The maximum atomic E-state index is 5.88. The highest BCUT2D eigenvalue weighted by Crippen LogP contribution is 2.22. The second-order valence-corrected chi connectivity index (χ2v) is 5.05. The van der Waals surface area contributed by atoms with Crippen LogP contribution >= 0.6 is 0 Å². The fourth-order valence-electron chi connectivity index (χ4n) is 2.45. The number of benzene rings is 1. The highest BCUT2D eigenvalue weighted by atomic mass is 16.5. The van der Waals surface area contributed by atoms with Crippen LogP contribution in [-0.4, -0.2) is 36.7 Å². The monoisotopic (exact) mass is 249 g/mol. The smallest absolute Gasteiger partial charge is 0.0909 e. The average molecular weight is 249 g/mol. The lowest BCUT2D eigenvalue weighted by atomic mass is 10.0.